The van der Waals surface area contributed by atoms with Crippen LogP contribution in [0.15, 0.2) is 24.4 Å². The van der Waals surface area contributed by atoms with Crippen LogP contribution in [0.5, 0.6) is 0 Å². The predicted octanol–water partition coefficient (Wildman–Crippen LogP) is 5.10. The molecular formula is C35H52N4O6. The summed E-state index contributed by atoms with van der Waals surface area (Å²) in [5.74, 6) is -0.238. The lowest BCUT2D eigenvalue weighted by molar-refractivity contribution is -0.128. The molecule has 4 unspecified atom stereocenters. The Morgan fingerprint density at radius 3 is 2.53 bits per heavy atom. The Morgan fingerprint density at radius 2 is 1.91 bits per heavy atom. The third-order valence-electron chi connectivity index (χ3n) is 10.2. The van der Waals surface area contributed by atoms with Gasteiger partial charge in [0.25, 0.3) is 0 Å². The first-order chi connectivity index (χ1) is 21.5. The predicted molar refractivity (Wildman–Crippen MR) is 173 cm³/mol. The quantitative estimate of drug-likeness (QED) is 0.190. The summed E-state index contributed by atoms with van der Waals surface area (Å²) < 4.78 is 12.8. The fraction of sp³-hybridized carbons (Fsp3) is 0.686. The lowest BCUT2D eigenvalue weighted by Gasteiger charge is -2.32. The van der Waals surface area contributed by atoms with E-state index in [1.807, 2.05) is 32.2 Å². The molecule has 1 aliphatic heterocycles. The number of rotatable bonds is 16. The maximum absolute atomic E-state index is 13.4. The molecule has 1 saturated carbocycles. The smallest absolute Gasteiger partial charge is 0.404 e. The minimum atomic E-state index is -1.19. The molecule has 10 nitrogen and oxygen atoms in total. The van der Waals surface area contributed by atoms with E-state index in [-0.39, 0.29) is 41.5 Å². The van der Waals surface area contributed by atoms with Crippen molar-refractivity contribution in [2.24, 2.45) is 29.1 Å². The van der Waals surface area contributed by atoms with Gasteiger partial charge < -0.3 is 34.9 Å². The third kappa shape index (κ3) is 8.78. The molecule has 2 aliphatic rings. The second-order valence-corrected chi connectivity index (χ2v) is 13.9. The SMILES string of the molecule is COCCCn1cc(C#N)c2ccc(CC(CC(NC(=O)O)C(O)CC(C(=O)N[C@@H]3CC34CCOCC4)C(C)C)C(C)C)cc21. The van der Waals surface area contributed by atoms with E-state index >= 15 is 0 Å². The number of benzene rings is 1. The lowest BCUT2D eigenvalue weighted by Crippen LogP contribution is -2.47. The number of hydrogen-bond acceptors (Lipinski definition) is 6. The highest BCUT2D eigenvalue weighted by Gasteiger charge is 2.55. The van der Waals surface area contributed by atoms with Crippen LogP contribution in [0.2, 0.25) is 0 Å². The molecule has 1 saturated heterocycles. The Kier molecular flexibility index (Phi) is 11.9. The van der Waals surface area contributed by atoms with Crippen LogP contribution < -0.4 is 10.6 Å². The minimum absolute atomic E-state index is 0.0134. The first kappa shape index (κ1) is 34.7. The molecule has 2 aromatic rings. The summed E-state index contributed by atoms with van der Waals surface area (Å²) in [5.41, 5.74) is 2.87. The maximum atomic E-state index is 13.4. The number of methoxy groups -OCH3 is 1. The molecule has 2 fully saturated rings. The molecule has 2 heterocycles. The number of carbonyl (C=O) groups is 2. The number of hydrogen-bond donors (Lipinski definition) is 4. The largest absolute Gasteiger partial charge is 0.465 e. The van der Waals surface area contributed by atoms with Gasteiger partial charge in [0, 0.05) is 62.5 Å². The summed E-state index contributed by atoms with van der Waals surface area (Å²) in [5, 5.41) is 37.6. The van der Waals surface area contributed by atoms with Crippen molar-refractivity contribution in [3.63, 3.8) is 0 Å². The first-order valence-electron chi connectivity index (χ1n) is 16.5. The normalized spacial score (nSPS) is 20.1. The van der Waals surface area contributed by atoms with Crippen LogP contribution >= 0.6 is 0 Å². The molecule has 1 aliphatic carbocycles. The van der Waals surface area contributed by atoms with E-state index in [2.05, 4.69) is 41.2 Å². The van der Waals surface area contributed by atoms with Gasteiger partial charge >= 0.3 is 6.09 Å². The number of amides is 2. The van der Waals surface area contributed by atoms with Crippen molar-refractivity contribution in [2.45, 2.75) is 97.4 Å². The average molecular weight is 625 g/mol. The van der Waals surface area contributed by atoms with Crippen LogP contribution in [0, 0.1) is 40.4 Å². The second kappa shape index (κ2) is 15.4. The molecule has 4 rings (SSSR count). The van der Waals surface area contributed by atoms with E-state index in [4.69, 9.17) is 9.47 Å². The van der Waals surface area contributed by atoms with Gasteiger partial charge in [-0.3, -0.25) is 4.79 Å². The number of nitrogens with zero attached hydrogens (tertiary/aromatic N) is 2. The van der Waals surface area contributed by atoms with Crippen LogP contribution in [0.4, 0.5) is 4.79 Å². The number of carboxylic acid groups (broad SMARTS) is 1. The van der Waals surface area contributed by atoms with E-state index in [0.717, 1.165) is 61.9 Å². The molecule has 1 spiro atoms. The molecule has 5 atom stereocenters. The number of carbonyl (C=O) groups excluding carboxylic acids is 1. The van der Waals surface area contributed by atoms with Gasteiger partial charge in [-0.2, -0.15) is 5.26 Å². The average Bonchev–Trinajstić information content (AvgIpc) is 3.51. The Labute approximate surface area is 267 Å². The number of aliphatic hydroxyl groups is 1. The van der Waals surface area contributed by atoms with Gasteiger partial charge in [0.1, 0.15) is 6.07 Å². The van der Waals surface area contributed by atoms with Crippen molar-refractivity contribution in [1.82, 2.24) is 15.2 Å². The standard InChI is InChI=1S/C35H52N4O6/c1-22(2)25(15-24-7-8-27-26(20-36)21-39(30(27)16-24)11-6-12-44-5)17-29(37-34(42)43)31(40)18-28(23(3)4)33(41)38-32-19-35(32)9-13-45-14-10-35/h7-8,16,21-23,25,28-29,31-32,37,40H,6,9-15,17-19H2,1-5H3,(H,38,41)(H,42,43)/t25?,28?,29?,31?,32-/m1/s1. The van der Waals surface area contributed by atoms with E-state index < -0.39 is 24.2 Å². The van der Waals surface area contributed by atoms with Crippen molar-refractivity contribution >= 4 is 22.9 Å². The number of aliphatic hydroxyl groups excluding tert-OH is 1. The Bertz CT molecular complexity index is 1340. The van der Waals surface area contributed by atoms with Crippen molar-refractivity contribution in [3.8, 4) is 6.07 Å². The second-order valence-electron chi connectivity index (χ2n) is 13.9. The Hall–Kier alpha value is -3.13. The molecule has 248 valence electrons. The number of aromatic nitrogens is 1. The van der Waals surface area contributed by atoms with Crippen molar-refractivity contribution in [2.75, 3.05) is 26.9 Å². The lowest BCUT2D eigenvalue weighted by atomic mass is 9.80. The topological polar surface area (TPSA) is 146 Å². The zero-order valence-electron chi connectivity index (χ0n) is 27.6. The summed E-state index contributed by atoms with van der Waals surface area (Å²) in [4.78, 5) is 25.3. The molecule has 2 amide bonds. The number of aryl methyl sites for hydroxylation is 1. The molecular weight excluding hydrogens is 572 g/mol. The molecule has 1 aromatic heterocycles. The van der Waals surface area contributed by atoms with Gasteiger partial charge in [0.05, 0.1) is 17.7 Å². The first-order valence-corrected chi connectivity index (χ1v) is 16.5. The summed E-state index contributed by atoms with van der Waals surface area (Å²) in [7, 11) is 1.68. The number of nitriles is 1. The fourth-order valence-corrected chi connectivity index (χ4v) is 7.08. The summed E-state index contributed by atoms with van der Waals surface area (Å²) in [6.45, 7) is 11.0. The number of fused-ring (bicyclic) bond motifs is 1. The number of ether oxygens (including phenoxy) is 2. The van der Waals surface area contributed by atoms with Gasteiger partial charge in [-0.25, -0.2) is 4.79 Å². The summed E-state index contributed by atoms with van der Waals surface area (Å²) in [6, 6.07) is 7.87. The van der Waals surface area contributed by atoms with Gasteiger partial charge in [-0.1, -0.05) is 39.8 Å². The minimum Gasteiger partial charge on any atom is -0.465 e. The molecule has 1 aromatic carbocycles. The van der Waals surface area contributed by atoms with Crippen LogP contribution in [-0.4, -0.2) is 71.9 Å². The summed E-state index contributed by atoms with van der Waals surface area (Å²) >= 11 is 0. The fourth-order valence-electron chi connectivity index (χ4n) is 7.08. The molecule has 0 radical (unpaired) electrons. The maximum Gasteiger partial charge on any atom is 0.404 e. The monoisotopic (exact) mass is 624 g/mol. The van der Waals surface area contributed by atoms with Crippen molar-refractivity contribution < 1.29 is 29.3 Å². The zero-order chi connectivity index (χ0) is 32.7. The van der Waals surface area contributed by atoms with E-state index in [9.17, 15) is 25.1 Å². The van der Waals surface area contributed by atoms with Crippen LogP contribution in [-0.2, 0) is 27.2 Å². The molecule has 45 heavy (non-hydrogen) atoms. The van der Waals surface area contributed by atoms with E-state index in [1.165, 1.54) is 0 Å². The van der Waals surface area contributed by atoms with Crippen molar-refractivity contribution in [3.05, 3.63) is 35.5 Å². The van der Waals surface area contributed by atoms with Crippen molar-refractivity contribution in [1.29, 1.82) is 5.26 Å². The molecule has 0 bridgehead atoms. The van der Waals surface area contributed by atoms with E-state index in [1.54, 1.807) is 7.11 Å². The van der Waals surface area contributed by atoms with Crippen LogP contribution in [0.1, 0.15) is 77.3 Å². The Morgan fingerprint density at radius 1 is 1.18 bits per heavy atom. The highest BCUT2D eigenvalue weighted by Crippen LogP contribution is 2.53. The summed E-state index contributed by atoms with van der Waals surface area (Å²) in [6.07, 6.45) is 4.69. The van der Waals surface area contributed by atoms with Gasteiger partial charge in [0.2, 0.25) is 5.91 Å². The Balaban J connectivity index is 1.46. The zero-order valence-corrected chi connectivity index (χ0v) is 27.6. The highest BCUT2D eigenvalue weighted by molar-refractivity contribution is 5.87. The van der Waals surface area contributed by atoms with Crippen LogP contribution in [0.25, 0.3) is 10.9 Å². The highest BCUT2D eigenvalue weighted by atomic mass is 16.5. The van der Waals surface area contributed by atoms with Gasteiger partial charge in [-0.05, 0) is 79.7 Å². The van der Waals surface area contributed by atoms with Gasteiger partial charge in [-0.15, -0.1) is 0 Å². The van der Waals surface area contributed by atoms with E-state index in [0.29, 0.717) is 25.0 Å². The molecule has 10 heteroatoms. The number of nitrogens with one attached hydrogen (secondary N) is 2. The van der Waals surface area contributed by atoms with Crippen LogP contribution in [0.3, 0.4) is 0 Å². The molecule has 4 N–H and O–H groups in total. The third-order valence-corrected chi connectivity index (χ3v) is 10.2. The van der Waals surface area contributed by atoms with Gasteiger partial charge in [0.15, 0.2) is 0 Å².